The normalized spacial score (nSPS) is 23.5. The number of anilines is 1. The topological polar surface area (TPSA) is 43.9 Å². The van der Waals surface area contributed by atoms with Crippen LogP contribution in [0.1, 0.15) is 12.0 Å². The standard InChI is InChI=1S/C16H20ClN3O2/c1-11-4-3-5-12(17)15(11)20-8-6-19(7-9-20)13-10-14(21)18(2)16(13)22/h3-5,13H,6-10H2,1-2H3. The lowest BCUT2D eigenvalue weighted by Crippen LogP contribution is -2.52. The molecule has 1 atom stereocenters. The van der Waals surface area contributed by atoms with Crippen molar-refractivity contribution in [2.24, 2.45) is 0 Å². The van der Waals surface area contributed by atoms with Crippen molar-refractivity contribution in [1.82, 2.24) is 9.80 Å². The number of likely N-dealkylation sites (N-methyl/N-ethyl adjacent to an activating group) is 1. The molecule has 0 aromatic heterocycles. The summed E-state index contributed by atoms with van der Waals surface area (Å²) in [6, 6.07) is 5.63. The van der Waals surface area contributed by atoms with Crippen LogP contribution in [0.3, 0.4) is 0 Å². The third-order valence-corrected chi connectivity index (χ3v) is 4.92. The zero-order chi connectivity index (χ0) is 15.9. The molecule has 0 saturated carbocycles. The number of carbonyl (C=O) groups excluding carboxylic acids is 2. The van der Waals surface area contributed by atoms with E-state index in [1.165, 1.54) is 4.90 Å². The number of para-hydroxylation sites is 1. The molecule has 2 saturated heterocycles. The highest BCUT2D eigenvalue weighted by Crippen LogP contribution is 2.30. The van der Waals surface area contributed by atoms with Crippen LogP contribution >= 0.6 is 11.6 Å². The van der Waals surface area contributed by atoms with Gasteiger partial charge in [0.2, 0.25) is 11.8 Å². The van der Waals surface area contributed by atoms with Crippen LogP contribution in [0.2, 0.25) is 5.02 Å². The van der Waals surface area contributed by atoms with Gasteiger partial charge in [0.1, 0.15) is 0 Å². The molecule has 0 N–H and O–H groups in total. The second kappa shape index (κ2) is 5.89. The zero-order valence-corrected chi connectivity index (χ0v) is 13.6. The van der Waals surface area contributed by atoms with Gasteiger partial charge in [0.15, 0.2) is 0 Å². The fourth-order valence-electron chi connectivity index (χ4n) is 3.30. The van der Waals surface area contributed by atoms with E-state index < -0.39 is 0 Å². The maximum atomic E-state index is 12.1. The Morgan fingerprint density at radius 2 is 1.82 bits per heavy atom. The number of hydrogen-bond donors (Lipinski definition) is 0. The van der Waals surface area contributed by atoms with Gasteiger partial charge in [0, 0.05) is 33.2 Å². The van der Waals surface area contributed by atoms with Crippen molar-refractivity contribution >= 4 is 29.1 Å². The highest BCUT2D eigenvalue weighted by atomic mass is 35.5. The van der Waals surface area contributed by atoms with Crippen molar-refractivity contribution in [3.05, 3.63) is 28.8 Å². The van der Waals surface area contributed by atoms with E-state index >= 15 is 0 Å². The van der Waals surface area contributed by atoms with Crippen LogP contribution in [0.25, 0.3) is 0 Å². The van der Waals surface area contributed by atoms with E-state index in [4.69, 9.17) is 11.6 Å². The number of amides is 2. The molecule has 3 rings (SSSR count). The first-order valence-electron chi connectivity index (χ1n) is 7.53. The van der Waals surface area contributed by atoms with Crippen molar-refractivity contribution in [1.29, 1.82) is 0 Å². The Kier molecular flexibility index (Phi) is 4.10. The number of carbonyl (C=O) groups is 2. The van der Waals surface area contributed by atoms with E-state index in [0.29, 0.717) is 6.42 Å². The van der Waals surface area contributed by atoms with Gasteiger partial charge in [-0.3, -0.25) is 19.4 Å². The molecule has 1 aromatic rings. The number of halogens is 1. The molecule has 5 nitrogen and oxygen atoms in total. The monoisotopic (exact) mass is 321 g/mol. The lowest BCUT2D eigenvalue weighted by Gasteiger charge is -2.39. The first-order chi connectivity index (χ1) is 10.5. The number of benzene rings is 1. The van der Waals surface area contributed by atoms with Gasteiger partial charge in [-0.05, 0) is 18.6 Å². The Morgan fingerprint density at radius 3 is 2.36 bits per heavy atom. The summed E-state index contributed by atoms with van der Waals surface area (Å²) in [5.41, 5.74) is 2.24. The summed E-state index contributed by atoms with van der Waals surface area (Å²) in [5.74, 6) is -0.160. The van der Waals surface area contributed by atoms with Gasteiger partial charge in [-0.25, -0.2) is 0 Å². The molecule has 2 amide bonds. The SMILES string of the molecule is Cc1cccc(Cl)c1N1CCN(C2CC(=O)N(C)C2=O)CC1. The Hall–Kier alpha value is -1.59. The summed E-state index contributed by atoms with van der Waals surface area (Å²) in [6.45, 7) is 5.21. The number of hydrogen-bond acceptors (Lipinski definition) is 4. The summed E-state index contributed by atoms with van der Waals surface area (Å²) < 4.78 is 0. The first-order valence-corrected chi connectivity index (χ1v) is 7.91. The molecule has 0 bridgehead atoms. The van der Waals surface area contributed by atoms with E-state index in [9.17, 15) is 9.59 Å². The van der Waals surface area contributed by atoms with E-state index in [-0.39, 0.29) is 17.9 Å². The summed E-state index contributed by atoms with van der Waals surface area (Å²) >= 11 is 6.33. The Balaban J connectivity index is 1.69. The minimum absolute atomic E-state index is 0.0765. The van der Waals surface area contributed by atoms with Gasteiger partial charge in [0.25, 0.3) is 0 Å². The average Bonchev–Trinajstić information content (AvgIpc) is 2.75. The third kappa shape index (κ3) is 2.59. The smallest absolute Gasteiger partial charge is 0.246 e. The van der Waals surface area contributed by atoms with Gasteiger partial charge in [-0.2, -0.15) is 0 Å². The largest absolute Gasteiger partial charge is 0.368 e. The highest BCUT2D eigenvalue weighted by molar-refractivity contribution is 6.33. The molecule has 0 aliphatic carbocycles. The summed E-state index contributed by atoms with van der Waals surface area (Å²) in [5, 5.41) is 0.764. The van der Waals surface area contributed by atoms with Gasteiger partial charge in [-0.15, -0.1) is 0 Å². The van der Waals surface area contributed by atoms with Crippen LogP contribution in [0.15, 0.2) is 18.2 Å². The summed E-state index contributed by atoms with van der Waals surface area (Å²) in [4.78, 5) is 29.4. The summed E-state index contributed by atoms with van der Waals surface area (Å²) in [6.07, 6.45) is 0.306. The predicted molar refractivity (Wildman–Crippen MR) is 86.2 cm³/mol. The second-order valence-electron chi connectivity index (χ2n) is 5.94. The molecule has 118 valence electrons. The lowest BCUT2D eigenvalue weighted by molar-refractivity contribution is -0.138. The predicted octanol–water partition coefficient (Wildman–Crippen LogP) is 1.53. The van der Waals surface area contributed by atoms with Crippen LogP contribution in [-0.2, 0) is 9.59 Å². The minimum atomic E-state index is -0.285. The molecule has 1 aromatic carbocycles. The van der Waals surface area contributed by atoms with Gasteiger partial charge in [-0.1, -0.05) is 23.7 Å². The van der Waals surface area contributed by atoms with E-state index in [1.54, 1.807) is 7.05 Å². The first kappa shape index (κ1) is 15.3. The van der Waals surface area contributed by atoms with Crippen molar-refractivity contribution < 1.29 is 9.59 Å². The average molecular weight is 322 g/mol. The minimum Gasteiger partial charge on any atom is -0.368 e. The molecule has 2 heterocycles. The number of aryl methyl sites for hydroxylation is 1. The van der Waals surface area contributed by atoms with Crippen molar-refractivity contribution in [2.45, 2.75) is 19.4 Å². The summed E-state index contributed by atoms with van der Waals surface area (Å²) in [7, 11) is 1.56. The molecule has 22 heavy (non-hydrogen) atoms. The van der Waals surface area contributed by atoms with E-state index in [1.807, 2.05) is 12.1 Å². The maximum Gasteiger partial charge on any atom is 0.246 e. The number of imide groups is 1. The molecule has 2 fully saturated rings. The number of rotatable bonds is 2. The second-order valence-corrected chi connectivity index (χ2v) is 6.35. The van der Waals surface area contributed by atoms with Crippen LogP contribution in [0.5, 0.6) is 0 Å². The fraction of sp³-hybridized carbons (Fsp3) is 0.500. The Morgan fingerprint density at radius 1 is 1.14 bits per heavy atom. The molecule has 2 aliphatic heterocycles. The van der Waals surface area contributed by atoms with Crippen LogP contribution in [-0.4, -0.2) is 60.9 Å². The van der Waals surface area contributed by atoms with Crippen molar-refractivity contribution in [3.63, 3.8) is 0 Å². The van der Waals surface area contributed by atoms with Gasteiger partial charge < -0.3 is 4.90 Å². The Bertz CT molecular complexity index is 591. The van der Waals surface area contributed by atoms with Gasteiger partial charge in [0.05, 0.1) is 23.2 Å². The lowest BCUT2D eigenvalue weighted by atomic mass is 10.1. The number of likely N-dealkylation sites (tertiary alicyclic amines) is 1. The Labute approximate surface area is 135 Å². The van der Waals surface area contributed by atoms with E-state index in [0.717, 1.165) is 42.5 Å². The van der Waals surface area contributed by atoms with Crippen molar-refractivity contribution in [2.75, 3.05) is 38.1 Å². The fourth-order valence-corrected chi connectivity index (χ4v) is 3.64. The van der Waals surface area contributed by atoms with Crippen LogP contribution in [0.4, 0.5) is 5.69 Å². The third-order valence-electron chi connectivity index (χ3n) is 4.62. The quantitative estimate of drug-likeness (QED) is 0.775. The van der Waals surface area contributed by atoms with Crippen LogP contribution in [0, 0.1) is 6.92 Å². The van der Waals surface area contributed by atoms with Gasteiger partial charge >= 0.3 is 0 Å². The van der Waals surface area contributed by atoms with Crippen LogP contribution < -0.4 is 4.90 Å². The van der Waals surface area contributed by atoms with E-state index in [2.05, 4.69) is 22.8 Å². The molecular formula is C16H20ClN3O2. The number of nitrogens with zero attached hydrogens (tertiary/aromatic N) is 3. The zero-order valence-electron chi connectivity index (χ0n) is 12.9. The molecule has 2 aliphatic rings. The molecular weight excluding hydrogens is 302 g/mol. The molecule has 0 radical (unpaired) electrons. The molecule has 6 heteroatoms. The molecule has 1 unspecified atom stereocenters. The highest BCUT2D eigenvalue weighted by Gasteiger charge is 2.40. The van der Waals surface area contributed by atoms with Crippen molar-refractivity contribution in [3.8, 4) is 0 Å². The molecule has 0 spiro atoms. The number of piperazine rings is 1. The maximum absolute atomic E-state index is 12.1.